The van der Waals surface area contributed by atoms with Crippen LogP contribution in [0.15, 0.2) is 77.3 Å². The Hall–Kier alpha value is -3.80. The monoisotopic (exact) mass is 370 g/mol. The summed E-state index contributed by atoms with van der Waals surface area (Å²) in [5, 5.41) is 8.57. The molecule has 0 saturated heterocycles. The molecule has 0 fully saturated rings. The Morgan fingerprint density at radius 1 is 0.821 bits per heavy atom. The fraction of sp³-hybridized carbons (Fsp3) is 0.0455. The average Bonchev–Trinajstić information content (AvgIpc) is 3.32. The van der Waals surface area contributed by atoms with Crippen LogP contribution in [0.1, 0.15) is 5.89 Å². The van der Waals surface area contributed by atoms with Gasteiger partial charge in [0.1, 0.15) is 11.5 Å². The van der Waals surface area contributed by atoms with Gasteiger partial charge in [0.15, 0.2) is 23.1 Å². The zero-order chi connectivity index (χ0) is 19.1. The Bertz CT molecular complexity index is 1270. The van der Waals surface area contributed by atoms with E-state index >= 15 is 0 Å². The van der Waals surface area contributed by atoms with Crippen LogP contribution in [-0.2, 0) is 0 Å². The molecule has 0 amide bonds. The van der Waals surface area contributed by atoms with Crippen molar-refractivity contribution in [2.45, 2.75) is 6.92 Å². The summed E-state index contributed by atoms with van der Waals surface area (Å²) in [4.78, 5) is 4.51. The SMILES string of the molecule is Cc1nc(-c2ccc(F)cc2)c(-c2ccc3nnc(-c4ccccc4)n3c2)o1. The zero-order valence-corrected chi connectivity index (χ0v) is 15.0. The molecule has 3 aromatic heterocycles. The van der Waals surface area contributed by atoms with Crippen molar-refractivity contribution in [2.24, 2.45) is 0 Å². The molecule has 28 heavy (non-hydrogen) atoms. The van der Waals surface area contributed by atoms with Crippen molar-refractivity contribution < 1.29 is 8.81 Å². The van der Waals surface area contributed by atoms with Gasteiger partial charge in [-0.1, -0.05) is 30.3 Å². The number of benzene rings is 2. The first-order valence-electron chi connectivity index (χ1n) is 8.83. The first kappa shape index (κ1) is 16.4. The fourth-order valence-corrected chi connectivity index (χ4v) is 3.24. The van der Waals surface area contributed by atoms with E-state index in [1.807, 2.05) is 53.1 Å². The van der Waals surface area contributed by atoms with Gasteiger partial charge in [0.25, 0.3) is 0 Å². The van der Waals surface area contributed by atoms with E-state index in [-0.39, 0.29) is 5.82 Å². The van der Waals surface area contributed by atoms with E-state index in [1.54, 1.807) is 19.1 Å². The smallest absolute Gasteiger partial charge is 0.192 e. The summed E-state index contributed by atoms with van der Waals surface area (Å²) >= 11 is 0. The molecule has 0 atom stereocenters. The van der Waals surface area contributed by atoms with Crippen LogP contribution < -0.4 is 0 Å². The first-order valence-corrected chi connectivity index (χ1v) is 8.83. The minimum absolute atomic E-state index is 0.288. The number of halogens is 1. The Morgan fingerprint density at radius 3 is 2.36 bits per heavy atom. The lowest BCUT2D eigenvalue weighted by atomic mass is 10.1. The molecule has 6 heteroatoms. The Balaban J connectivity index is 1.67. The predicted octanol–water partition coefficient (Wildman–Crippen LogP) is 5.17. The van der Waals surface area contributed by atoms with Gasteiger partial charge in [-0.15, -0.1) is 10.2 Å². The topological polar surface area (TPSA) is 56.2 Å². The molecule has 5 nitrogen and oxygen atoms in total. The van der Waals surface area contributed by atoms with Gasteiger partial charge in [0, 0.05) is 29.8 Å². The second-order valence-corrected chi connectivity index (χ2v) is 6.45. The van der Waals surface area contributed by atoms with Crippen molar-refractivity contribution in [2.75, 3.05) is 0 Å². The number of fused-ring (bicyclic) bond motifs is 1. The highest BCUT2D eigenvalue weighted by molar-refractivity contribution is 5.77. The minimum atomic E-state index is -0.288. The number of nitrogens with zero attached hydrogens (tertiary/aromatic N) is 4. The van der Waals surface area contributed by atoms with Gasteiger partial charge in [0.2, 0.25) is 0 Å². The summed E-state index contributed by atoms with van der Waals surface area (Å²) in [5.41, 5.74) is 4.01. The molecule has 0 aliphatic carbocycles. The number of rotatable bonds is 3. The third-order valence-corrected chi connectivity index (χ3v) is 4.55. The van der Waals surface area contributed by atoms with E-state index in [0.29, 0.717) is 17.3 Å². The van der Waals surface area contributed by atoms with Crippen molar-refractivity contribution >= 4 is 5.65 Å². The Morgan fingerprint density at radius 2 is 1.57 bits per heavy atom. The molecule has 0 spiro atoms. The molecule has 136 valence electrons. The van der Waals surface area contributed by atoms with Crippen LogP contribution in [0, 0.1) is 12.7 Å². The molecular formula is C22H15FN4O. The second kappa shape index (κ2) is 6.42. The standard InChI is InChI=1S/C22H15FN4O/c1-14-24-20(15-7-10-18(23)11-8-15)21(28-14)17-9-12-19-25-26-22(27(19)13-17)16-5-3-2-4-6-16/h2-13H,1H3. The highest BCUT2D eigenvalue weighted by atomic mass is 19.1. The number of aryl methyl sites for hydroxylation is 1. The van der Waals surface area contributed by atoms with E-state index in [2.05, 4.69) is 15.2 Å². The third-order valence-electron chi connectivity index (χ3n) is 4.55. The van der Waals surface area contributed by atoms with Crippen molar-refractivity contribution in [3.8, 4) is 34.0 Å². The first-order chi connectivity index (χ1) is 13.7. The lowest BCUT2D eigenvalue weighted by Gasteiger charge is -2.04. The maximum Gasteiger partial charge on any atom is 0.192 e. The van der Waals surface area contributed by atoms with Crippen LogP contribution >= 0.6 is 0 Å². The summed E-state index contributed by atoms with van der Waals surface area (Å²) in [5.74, 6) is 1.63. The van der Waals surface area contributed by atoms with Gasteiger partial charge in [-0.3, -0.25) is 4.40 Å². The summed E-state index contributed by atoms with van der Waals surface area (Å²) in [7, 11) is 0. The van der Waals surface area contributed by atoms with Crippen LogP contribution in [0.2, 0.25) is 0 Å². The van der Waals surface area contributed by atoms with Gasteiger partial charge in [-0.25, -0.2) is 9.37 Å². The Kier molecular flexibility index (Phi) is 3.76. The molecule has 0 bridgehead atoms. The van der Waals surface area contributed by atoms with Crippen LogP contribution in [-0.4, -0.2) is 19.6 Å². The number of aromatic nitrogens is 4. The molecule has 5 rings (SSSR count). The Labute approximate surface area is 160 Å². The van der Waals surface area contributed by atoms with Crippen molar-refractivity contribution in [1.29, 1.82) is 0 Å². The molecule has 0 radical (unpaired) electrons. The maximum atomic E-state index is 13.3. The fourth-order valence-electron chi connectivity index (χ4n) is 3.24. The highest BCUT2D eigenvalue weighted by Crippen LogP contribution is 2.33. The van der Waals surface area contributed by atoms with Gasteiger partial charge in [0.05, 0.1) is 0 Å². The van der Waals surface area contributed by atoms with Crippen LogP contribution in [0.3, 0.4) is 0 Å². The van der Waals surface area contributed by atoms with Crippen LogP contribution in [0.25, 0.3) is 39.6 Å². The normalized spacial score (nSPS) is 11.2. The molecule has 0 N–H and O–H groups in total. The maximum absolute atomic E-state index is 13.3. The number of hydrogen-bond acceptors (Lipinski definition) is 4. The second-order valence-electron chi connectivity index (χ2n) is 6.45. The zero-order valence-electron chi connectivity index (χ0n) is 15.0. The average molecular weight is 370 g/mol. The number of hydrogen-bond donors (Lipinski definition) is 0. The molecule has 0 aliphatic rings. The third kappa shape index (κ3) is 2.75. The van der Waals surface area contributed by atoms with Crippen molar-refractivity contribution in [3.05, 3.63) is 84.6 Å². The molecule has 3 heterocycles. The van der Waals surface area contributed by atoms with E-state index in [1.165, 1.54) is 12.1 Å². The molecule has 2 aromatic carbocycles. The van der Waals surface area contributed by atoms with Gasteiger partial charge < -0.3 is 4.42 Å². The van der Waals surface area contributed by atoms with Crippen LogP contribution in [0.5, 0.6) is 0 Å². The largest absolute Gasteiger partial charge is 0.440 e. The summed E-state index contributed by atoms with van der Waals surface area (Å²) in [6.45, 7) is 1.79. The van der Waals surface area contributed by atoms with E-state index in [4.69, 9.17) is 4.42 Å². The van der Waals surface area contributed by atoms with Gasteiger partial charge in [-0.05, 0) is 36.4 Å². The predicted molar refractivity (Wildman–Crippen MR) is 104 cm³/mol. The molecule has 0 unspecified atom stereocenters. The van der Waals surface area contributed by atoms with Gasteiger partial charge >= 0.3 is 0 Å². The highest BCUT2D eigenvalue weighted by Gasteiger charge is 2.17. The van der Waals surface area contributed by atoms with Crippen molar-refractivity contribution in [3.63, 3.8) is 0 Å². The summed E-state index contributed by atoms with van der Waals surface area (Å²) in [6, 6.07) is 19.9. The molecule has 5 aromatic rings. The molecular weight excluding hydrogens is 355 g/mol. The van der Waals surface area contributed by atoms with E-state index < -0.39 is 0 Å². The van der Waals surface area contributed by atoms with E-state index in [9.17, 15) is 4.39 Å². The summed E-state index contributed by atoms with van der Waals surface area (Å²) in [6.07, 6.45) is 1.94. The molecule has 0 saturated carbocycles. The van der Waals surface area contributed by atoms with Crippen molar-refractivity contribution in [1.82, 2.24) is 19.6 Å². The number of pyridine rings is 1. The lowest BCUT2D eigenvalue weighted by molar-refractivity contribution is 0.534. The summed E-state index contributed by atoms with van der Waals surface area (Å²) < 4.78 is 21.1. The quantitative estimate of drug-likeness (QED) is 0.440. The minimum Gasteiger partial charge on any atom is -0.440 e. The lowest BCUT2D eigenvalue weighted by Crippen LogP contribution is -1.91. The van der Waals surface area contributed by atoms with Crippen LogP contribution in [0.4, 0.5) is 4.39 Å². The van der Waals surface area contributed by atoms with Gasteiger partial charge in [-0.2, -0.15) is 0 Å². The number of oxazole rings is 1. The molecule has 0 aliphatic heterocycles. The van der Waals surface area contributed by atoms with E-state index in [0.717, 1.165) is 28.2 Å².